The molecule has 1 aromatic rings. The molecule has 19 heavy (non-hydrogen) atoms. The first-order valence-corrected chi connectivity index (χ1v) is 9.01. The van der Waals surface area contributed by atoms with Crippen molar-refractivity contribution in [2.24, 2.45) is 0 Å². The Bertz CT molecular complexity index is 532. The Labute approximate surface area is 116 Å². The van der Waals surface area contributed by atoms with Gasteiger partial charge in [0.1, 0.15) is 4.90 Å². The highest BCUT2D eigenvalue weighted by molar-refractivity contribution is 7.89. The molecule has 0 fully saturated rings. The van der Waals surface area contributed by atoms with E-state index >= 15 is 0 Å². The standard InChI is InChI=1S/C11H19N3O3S2/c1-3-13-10-5-6-12-9-11(10)19(16,17)14-7-8-18(15)4-2/h5-6,9,14H,3-4,7-8H2,1-2H3,(H,12,13). The monoisotopic (exact) mass is 305 g/mol. The SMILES string of the molecule is CCNc1ccncc1S(=O)(=O)NCCS(=O)CC. The fourth-order valence-electron chi connectivity index (χ4n) is 1.44. The van der Waals surface area contributed by atoms with Crippen molar-refractivity contribution in [3.05, 3.63) is 18.5 Å². The van der Waals surface area contributed by atoms with Gasteiger partial charge in [0.2, 0.25) is 10.0 Å². The van der Waals surface area contributed by atoms with Gasteiger partial charge in [0.05, 0.1) is 5.69 Å². The number of nitrogens with one attached hydrogen (secondary N) is 2. The third-order valence-electron chi connectivity index (χ3n) is 2.39. The summed E-state index contributed by atoms with van der Waals surface area (Å²) in [6, 6.07) is 1.61. The van der Waals surface area contributed by atoms with Crippen molar-refractivity contribution < 1.29 is 12.6 Å². The molecule has 0 aliphatic rings. The first-order valence-electron chi connectivity index (χ1n) is 6.03. The molecule has 1 aromatic heterocycles. The first kappa shape index (κ1) is 16.1. The Morgan fingerprint density at radius 2 is 2.11 bits per heavy atom. The third-order valence-corrected chi connectivity index (χ3v) is 5.18. The highest BCUT2D eigenvalue weighted by atomic mass is 32.2. The Kier molecular flexibility index (Phi) is 6.40. The predicted molar refractivity (Wildman–Crippen MR) is 77.1 cm³/mol. The van der Waals surface area contributed by atoms with Crippen LogP contribution in [0.15, 0.2) is 23.4 Å². The summed E-state index contributed by atoms with van der Waals surface area (Å²) in [7, 11) is -4.61. The zero-order valence-corrected chi connectivity index (χ0v) is 12.7. The zero-order chi connectivity index (χ0) is 14.3. The normalized spacial score (nSPS) is 13.2. The lowest BCUT2D eigenvalue weighted by Gasteiger charge is -2.11. The van der Waals surface area contributed by atoms with Crippen LogP contribution in [-0.2, 0) is 20.8 Å². The number of hydrogen-bond acceptors (Lipinski definition) is 5. The zero-order valence-electron chi connectivity index (χ0n) is 11.0. The summed E-state index contributed by atoms with van der Waals surface area (Å²) in [6.45, 7) is 4.46. The molecular weight excluding hydrogens is 286 g/mol. The van der Waals surface area contributed by atoms with E-state index in [1.54, 1.807) is 13.0 Å². The third kappa shape index (κ3) is 4.88. The van der Waals surface area contributed by atoms with E-state index in [1.165, 1.54) is 12.4 Å². The summed E-state index contributed by atoms with van der Waals surface area (Å²) in [5, 5.41) is 2.97. The van der Waals surface area contributed by atoms with E-state index in [0.29, 0.717) is 23.7 Å². The fraction of sp³-hybridized carbons (Fsp3) is 0.545. The highest BCUT2D eigenvalue weighted by Gasteiger charge is 2.18. The summed E-state index contributed by atoms with van der Waals surface area (Å²) in [5.41, 5.74) is 0.515. The van der Waals surface area contributed by atoms with Gasteiger partial charge in [0.15, 0.2) is 0 Å². The summed E-state index contributed by atoms with van der Waals surface area (Å²) < 4.78 is 37.9. The molecule has 1 rings (SSSR count). The molecule has 0 saturated carbocycles. The largest absolute Gasteiger partial charge is 0.384 e. The minimum absolute atomic E-state index is 0.110. The second kappa shape index (κ2) is 7.56. The van der Waals surface area contributed by atoms with Crippen molar-refractivity contribution in [3.63, 3.8) is 0 Å². The van der Waals surface area contributed by atoms with E-state index in [2.05, 4.69) is 15.0 Å². The van der Waals surface area contributed by atoms with Crippen LogP contribution in [0.3, 0.4) is 0 Å². The molecule has 0 saturated heterocycles. The van der Waals surface area contributed by atoms with E-state index in [4.69, 9.17) is 0 Å². The number of aromatic nitrogens is 1. The number of hydrogen-bond donors (Lipinski definition) is 2. The molecule has 0 bridgehead atoms. The number of nitrogens with zero attached hydrogens (tertiary/aromatic N) is 1. The molecule has 0 spiro atoms. The van der Waals surface area contributed by atoms with E-state index in [1.807, 2.05) is 6.92 Å². The Balaban J connectivity index is 2.79. The molecule has 1 unspecified atom stereocenters. The quantitative estimate of drug-likeness (QED) is 0.733. The molecule has 6 nitrogen and oxygen atoms in total. The van der Waals surface area contributed by atoms with Gasteiger partial charge in [-0.3, -0.25) is 9.19 Å². The van der Waals surface area contributed by atoms with Crippen molar-refractivity contribution in [2.45, 2.75) is 18.7 Å². The Hall–Kier alpha value is -0.990. The van der Waals surface area contributed by atoms with Crippen molar-refractivity contribution in [2.75, 3.05) is 29.9 Å². The fourth-order valence-corrected chi connectivity index (χ4v) is 3.35. The first-order chi connectivity index (χ1) is 9.01. The van der Waals surface area contributed by atoms with E-state index < -0.39 is 20.8 Å². The molecule has 108 valence electrons. The Morgan fingerprint density at radius 1 is 1.37 bits per heavy atom. The Morgan fingerprint density at radius 3 is 2.74 bits per heavy atom. The van der Waals surface area contributed by atoms with Gasteiger partial charge in [-0.15, -0.1) is 0 Å². The van der Waals surface area contributed by atoms with Gasteiger partial charge in [-0.25, -0.2) is 13.1 Å². The topological polar surface area (TPSA) is 88.2 Å². The number of anilines is 1. The van der Waals surface area contributed by atoms with Crippen LogP contribution in [0.5, 0.6) is 0 Å². The number of sulfonamides is 1. The average molecular weight is 305 g/mol. The lowest BCUT2D eigenvalue weighted by molar-refractivity contribution is 0.584. The molecule has 2 N–H and O–H groups in total. The molecule has 0 aliphatic carbocycles. The van der Waals surface area contributed by atoms with Crippen LogP contribution in [0, 0.1) is 0 Å². The van der Waals surface area contributed by atoms with Crippen LogP contribution >= 0.6 is 0 Å². The maximum absolute atomic E-state index is 12.1. The summed E-state index contributed by atoms with van der Waals surface area (Å²) in [5.74, 6) is 0.837. The molecule has 0 aliphatic heterocycles. The minimum atomic E-state index is -3.63. The van der Waals surface area contributed by atoms with Crippen LogP contribution in [-0.4, -0.2) is 42.2 Å². The molecule has 0 radical (unpaired) electrons. The summed E-state index contributed by atoms with van der Waals surface area (Å²) in [6.07, 6.45) is 2.83. The number of rotatable bonds is 8. The highest BCUT2D eigenvalue weighted by Crippen LogP contribution is 2.18. The summed E-state index contributed by atoms with van der Waals surface area (Å²) >= 11 is 0. The van der Waals surface area contributed by atoms with Gasteiger partial charge in [-0.1, -0.05) is 6.92 Å². The lowest BCUT2D eigenvalue weighted by atomic mass is 10.4. The second-order valence-corrected chi connectivity index (χ2v) is 7.33. The number of pyridine rings is 1. The van der Waals surface area contributed by atoms with Gasteiger partial charge >= 0.3 is 0 Å². The van der Waals surface area contributed by atoms with Gasteiger partial charge in [0, 0.05) is 47.8 Å². The van der Waals surface area contributed by atoms with Crippen LogP contribution in [0.25, 0.3) is 0 Å². The van der Waals surface area contributed by atoms with Gasteiger partial charge in [0.25, 0.3) is 0 Å². The molecular formula is C11H19N3O3S2. The van der Waals surface area contributed by atoms with Crippen molar-refractivity contribution >= 4 is 26.5 Å². The van der Waals surface area contributed by atoms with E-state index in [-0.39, 0.29) is 11.4 Å². The maximum atomic E-state index is 12.1. The smallest absolute Gasteiger partial charge is 0.244 e. The minimum Gasteiger partial charge on any atom is -0.384 e. The average Bonchev–Trinajstić information content (AvgIpc) is 2.39. The van der Waals surface area contributed by atoms with Crippen LogP contribution in [0.4, 0.5) is 5.69 Å². The molecule has 1 atom stereocenters. The molecule has 8 heteroatoms. The van der Waals surface area contributed by atoms with E-state index in [0.717, 1.165) is 0 Å². The van der Waals surface area contributed by atoms with Crippen LogP contribution in [0.2, 0.25) is 0 Å². The second-order valence-electron chi connectivity index (χ2n) is 3.73. The van der Waals surface area contributed by atoms with Gasteiger partial charge < -0.3 is 5.32 Å². The van der Waals surface area contributed by atoms with Crippen molar-refractivity contribution in [1.29, 1.82) is 0 Å². The molecule has 0 amide bonds. The summed E-state index contributed by atoms with van der Waals surface area (Å²) in [4.78, 5) is 3.94. The van der Waals surface area contributed by atoms with Crippen molar-refractivity contribution in [3.8, 4) is 0 Å². The predicted octanol–water partition coefficient (Wildman–Crippen LogP) is 0.560. The van der Waals surface area contributed by atoms with E-state index in [9.17, 15) is 12.6 Å². The van der Waals surface area contributed by atoms with Gasteiger partial charge in [-0.2, -0.15) is 0 Å². The molecule has 1 heterocycles. The maximum Gasteiger partial charge on any atom is 0.244 e. The van der Waals surface area contributed by atoms with Gasteiger partial charge in [-0.05, 0) is 13.0 Å². The lowest BCUT2D eigenvalue weighted by Crippen LogP contribution is -2.29. The van der Waals surface area contributed by atoms with Crippen molar-refractivity contribution in [1.82, 2.24) is 9.71 Å². The van der Waals surface area contributed by atoms with Crippen LogP contribution in [0.1, 0.15) is 13.8 Å². The molecule has 0 aromatic carbocycles. The van der Waals surface area contributed by atoms with Crippen LogP contribution < -0.4 is 10.0 Å².